The van der Waals surface area contributed by atoms with E-state index in [4.69, 9.17) is 11.1 Å². The number of amidine groups is 2. The summed E-state index contributed by atoms with van der Waals surface area (Å²) >= 11 is 0. The van der Waals surface area contributed by atoms with E-state index >= 15 is 0 Å². The SMILES string of the molecule is CC(N)=NC(=[NH2+])/C=C\C(=[N-])c1cccc(C(F)(F)F)c1. The lowest BCUT2D eigenvalue weighted by Crippen LogP contribution is -2.38. The van der Waals surface area contributed by atoms with Crippen LogP contribution in [0.2, 0.25) is 0 Å². The number of hydrogen-bond acceptors (Lipinski definition) is 0. The highest BCUT2D eigenvalue weighted by Crippen LogP contribution is 2.29. The predicted octanol–water partition coefficient (Wildman–Crippen LogP) is 1.15. The second-order valence-corrected chi connectivity index (χ2v) is 3.98. The van der Waals surface area contributed by atoms with Crippen LogP contribution < -0.4 is 11.1 Å². The Bertz CT molecular complexity index is 582. The van der Waals surface area contributed by atoms with Crippen molar-refractivity contribution < 1.29 is 18.6 Å². The highest BCUT2D eigenvalue weighted by Gasteiger charge is 2.30. The molecule has 4 nitrogen and oxygen atoms in total. The first-order valence-electron chi connectivity index (χ1n) is 5.55. The normalized spacial score (nSPS) is 12.7. The van der Waals surface area contributed by atoms with Gasteiger partial charge in [-0.15, -0.1) is 0 Å². The quantitative estimate of drug-likeness (QED) is 0.632. The molecule has 0 aliphatic carbocycles. The van der Waals surface area contributed by atoms with Crippen molar-refractivity contribution in [2.75, 3.05) is 0 Å². The molecular formula is C13H13F3N4. The first-order chi connectivity index (χ1) is 9.20. The summed E-state index contributed by atoms with van der Waals surface area (Å²) in [6.45, 7) is 1.52. The zero-order chi connectivity index (χ0) is 15.3. The number of alkyl halides is 3. The Kier molecular flexibility index (Phi) is 4.79. The first-order valence-corrected chi connectivity index (χ1v) is 5.55. The molecule has 0 heterocycles. The molecule has 1 rings (SSSR count). The smallest absolute Gasteiger partial charge is 0.416 e. The predicted molar refractivity (Wildman–Crippen MR) is 72.3 cm³/mol. The monoisotopic (exact) mass is 282 g/mol. The number of rotatable bonds is 3. The Hall–Kier alpha value is -2.44. The van der Waals surface area contributed by atoms with Gasteiger partial charge in [-0.25, -0.2) is 0 Å². The van der Waals surface area contributed by atoms with E-state index in [0.29, 0.717) is 0 Å². The lowest BCUT2D eigenvalue weighted by atomic mass is 10.1. The molecule has 0 atom stereocenters. The van der Waals surface area contributed by atoms with Crippen molar-refractivity contribution in [2.45, 2.75) is 13.1 Å². The van der Waals surface area contributed by atoms with Crippen LogP contribution in [0.3, 0.4) is 0 Å². The van der Waals surface area contributed by atoms with Crippen LogP contribution >= 0.6 is 0 Å². The second-order valence-electron chi connectivity index (χ2n) is 3.98. The van der Waals surface area contributed by atoms with Crippen molar-refractivity contribution in [3.05, 3.63) is 53.0 Å². The topological polar surface area (TPSA) is 86.3 Å². The van der Waals surface area contributed by atoms with Gasteiger partial charge in [0.1, 0.15) is 0 Å². The van der Waals surface area contributed by atoms with E-state index in [1.807, 2.05) is 0 Å². The van der Waals surface area contributed by atoms with Crippen LogP contribution in [0.5, 0.6) is 0 Å². The molecule has 106 valence electrons. The number of nitrogens with two attached hydrogens (primary N) is 2. The van der Waals surface area contributed by atoms with Gasteiger partial charge in [0, 0.05) is 13.0 Å². The van der Waals surface area contributed by atoms with Crippen LogP contribution in [0.4, 0.5) is 13.2 Å². The van der Waals surface area contributed by atoms with E-state index in [2.05, 4.69) is 4.99 Å². The molecule has 0 aromatic heterocycles. The number of allylic oxidation sites excluding steroid dienone is 1. The lowest BCUT2D eigenvalue weighted by molar-refractivity contribution is -0.137. The molecule has 1 aromatic rings. The Morgan fingerprint density at radius 1 is 1.35 bits per heavy atom. The van der Waals surface area contributed by atoms with Crippen LogP contribution in [-0.2, 0) is 6.18 Å². The minimum absolute atomic E-state index is 0.0253. The number of halogens is 3. The summed E-state index contributed by atoms with van der Waals surface area (Å²) in [7, 11) is 0. The van der Waals surface area contributed by atoms with Crippen LogP contribution in [-0.4, -0.2) is 17.4 Å². The summed E-state index contributed by atoms with van der Waals surface area (Å²) in [5, 5.41) is 15.2. The number of hydrogen-bond donors (Lipinski definition) is 2. The summed E-state index contributed by atoms with van der Waals surface area (Å²) in [6, 6.07) is 4.32. The molecule has 0 aliphatic heterocycles. The van der Waals surface area contributed by atoms with Crippen molar-refractivity contribution in [1.82, 2.24) is 0 Å². The standard InChI is InChI=1S/C13H12F3N4/c1-8(17)20-12(19)6-5-11(18)9-3-2-4-10(7-9)13(14,15)16/h2-7H,1H3,(H3,17,19,20)/q-1/p+1/b6-5-. The van der Waals surface area contributed by atoms with Gasteiger partial charge in [0.2, 0.25) is 5.84 Å². The molecule has 20 heavy (non-hydrogen) atoms. The number of benzene rings is 1. The van der Waals surface area contributed by atoms with Gasteiger partial charge in [-0.1, -0.05) is 18.2 Å². The van der Waals surface area contributed by atoms with E-state index in [1.165, 1.54) is 25.1 Å². The fraction of sp³-hybridized carbons (Fsp3) is 0.154. The minimum atomic E-state index is -4.47. The van der Waals surface area contributed by atoms with Gasteiger partial charge < -0.3 is 11.1 Å². The van der Waals surface area contributed by atoms with Crippen LogP contribution in [0.1, 0.15) is 18.1 Å². The molecule has 0 fully saturated rings. The van der Waals surface area contributed by atoms with Gasteiger partial charge in [-0.3, -0.25) is 5.41 Å². The molecule has 0 amide bonds. The van der Waals surface area contributed by atoms with E-state index in [-0.39, 0.29) is 22.9 Å². The summed E-state index contributed by atoms with van der Waals surface area (Å²) in [5.41, 5.74) is 4.12. The second kappa shape index (κ2) is 6.14. The molecule has 0 saturated heterocycles. The molecule has 7 heteroatoms. The fourth-order valence-corrected chi connectivity index (χ4v) is 1.36. The Labute approximate surface area is 113 Å². The average Bonchev–Trinajstić information content (AvgIpc) is 2.34. The van der Waals surface area contributed by atoms with Gasteiger partial charge in [-0.2, -0.15) is 18.9 Å². The highest BCUT2D eigenvalue weighted by molar-refractivity contribution is 6.13. The molecule has 0 saturated carbocycles. The molecule has 1 aromatic carbocycles. The van der Waals surface area contributed by atoms with E-state index in [0.717, 1.165) is 18.2 Å². The molecule has 0 aliphatic rings. The maximum Gasteiger partial charge on any atom is 0.416 e. The van der Waals surface area contributed by atoms with E-state index < -0.39 is 11.7 Å². The van der Waals surface area contributed by atoms with Gasteiger partial charge in [0.25, 0.3) is 0 Å². The van der Waals surface area contributed by atoms with Gasteiger partial charge >= 0.3 is 12.0 Å². The van der Waals surface area contributed by atoms with Gasteiger partial charge in [0.05, 0.1) is 5.56 Å². The van der Waals surface area contributed by atoms with E-state index in [1.54, 1.807) is 0 Å². The molecule has 0 unspecified atom stereocenters. The lowest BCUT2D eigenvalue weighted by Gasteiger charge is -2.11. The summed E-state index contributed by atoms with van der Waals surface area (Å²) in [5.74, 6) is 0.259. The summed E-state index contributed by atoms with van der Waals surface area (Å²) < 4.78 is 37.6. The minimum Gasteiger partial charge on any atom is -0.803 e. The molecule has 4 N–H and O–H groups in total. The maximum absolute atomic E-state index is 12.5. The fourth-order valence-electron chi connectivity index (χ4n) is 1.36. The van der Waals surface area contributed by atoms with Crippen molar-refractivity contribution in [3.8, 4) is 0 Å². The van der Waals surface area contributed by atoms with Gasteiger partial charge in [0.15, 0.2) is 0 Å². The third-order valence-corrected chi connectivity index (χ3v) is 2.20. The highest BCUT2D eigenvalue weighted by atomic mass is 19.4. The zero-order valence-electron chi connectivity index (χ0n) is 10.6. The third-order valence-electron chi connectivity index (χ3n) is 2.20. The largest absolute Gasteiger partial charge is 0.803 e. The average molecular weight is 282 g/mol. The Morgan fingerprint density at radius 3 is 2.55 bits per heavy atom. The van der Waals surface area contributed by atoms with Gasteiger partial charge in [-0.05, 0) is 22.7 Å². The van der Waals surface area contributed by atoms with Crippen LogP contribution in [0.25, 0.3) is 5.41 Å². The van der Waals surface area contributed by atoms with Crippen LogP contribution in [0, 0.1) is 0 Å². The number of nitrogens with zero attached hydrogens (tertiary/aromatic N) is 2. The molecular weight excluding hydrogens is 269 g/mol. The molecule has 0 spiro atoms. The third kappa shape index (κ3) is 4.68. The Morgan fingerprint density at radius 2 is 2.00 bits per heavy atom. The van der Waals surface area contributed by atoms with Crippen molar-refractivity contribution in [1.29, 1.82) is 0 Å². The first kappa shape index (κ1) is 15.6. The molecule has 0 radical (unpaired) electrons. The Balaban J connectivity index is 2.91. The summed E-state index contributed by atoms with van der Waals surface area (Å²) in [6.07, 6.45) is -2.07. The summed E-state index contributed by atoms with van der Waals surface area (Å²) in [4.78, 5) is 3.70. The van der Waals surface area contributed by atoms with Crippen molar-refractivity contribution in [3.63, 3.8) is 0 Å². The maximum atomic E-state index is 12.5. The zero-order valence-corrected chi connectivity index (χ0v) is 10.6. The van der Waals surface area contributed by atoms with Crippen molar-refractivity contribution in [2.24, 2.45) is 10.7 Å². The molecule has 0 bridgehead atoms. The van der Waals surface area contributed by atoms with Crippen LogP contribution in [0.15, 0.2) is 41.4 Å². The number of aliphatic imine (C=N–C) groups is 1. The van der Waals surface area contributed by atoms with E-state index in [9.17, 15) is 18.6 Å². The van der Waals surface area contributed by atoms with Crippen molar-refractivity contribution >= 4 is 17.4 Å².